The van der Waals surface area contributed by atoms with E-state index in [1.165, 1.54) is 10.8 Å². The number of aromatic nitrogens is 3. The van der Waals surface area contributed by atoms with Crippen LogP contribution in [0.15, 0.2) is 38.6 Å². The third-order valence-electron chi connectivity index (χ3n) is 2.08. The van der Waals surface area contributed by atoms with Gasteiger partial charge in [0.1, 0.15) is 0 Å². The van der Waals surface area contributed by atoms with Crippen molar-refractivity contribution in [3.8, 4) is 0 Å². The van der Waals surface area contributed by atoms with Crippen LogP contribution in [0.25, 0.3) is 0 Å². The second kappa shape index (κ2) is 4.85. The fourth-order valence-corrected chi connectivity index (χ4v) is 1.84. The first-order valence-electron chi connectivity index (χ1n) is 4.66. The molecule has 0 saturated carbocycles. The highest BCUT2D eigenvalue weighted by Gasteiger charge is 2.03. The minimum atomic E-state index is -0.486. The van der Waals surface area contributed by atoms with Crippen molar-refractivity contribution in [2.24, 2.45) is 0 Å². The normalized spacial score (nSPS) is 10.5. The molecule has 0 unspecified atom stereocenters. The lowest BCUT2D eigenvalue weighted by Crippen LogP contribution is -2.30. The standard InChI is InChI=1S/C10H7BrClN3O2/c11-8-5-15(10(17)14-9(8)16)4-7-3-6(12)1-2-13-7/h1-3,5H,4H2,(H,14,16,17). The van der Waals surface area contributed by atoms with Gasteiger partial charge in [0.2, 0.25) is 0 Å². The number of rotatable bonds is 2. The molecule has 0 fully saturated rings. The highest BCUT2D eigenvalue weighted by Crippen LogP contribution is 2.08. The van der Waals surface area contributed by atoms with E-state index in [4.69, 9.17) is 11.6 Å². The maximum Gasteiger partial charge on any atom is 0.328 e. The first-order chi connectivity index (χ1) is 8.06. The van der Waals surface area contributed by atoms with Crippen molar-refractivity contribution in [1.82, 2.24) is 14.5 Å². The summed E-state index contributed by atoms with van der Waals surface area (Å²) in [6.07, 6.45) is 2.98. The Balaban J connectivity index is 2.40. The first-order valence-corrected chi connectivity index (χ1v) is 5.83. The zero-order valence-electron chi connectivity index (χ0n) is 8.48. The molecule has 0 bridgehead atoms. The molecule has 1 N–H and O–H groups in total. The summed E-state index contributed by atoms with van der Waals surface area (Å²) < 4.78 is 1.63. The SMILES string of the molecule is O=c1[nH]c(=O)n(Cc2cc(Cl)ccn2)cc1Br. The van der Waals surface area contributed by atoms with Crippen LogP contribution in [0.4, 0.5) is 0 Å². The average molecular weight is 317 g/mol. The average Bonchev–Trinajstić information content (AvgIpc) is 2.26. The van der Waals surface area contributed by atoms with E-state index in [0.717, 1.165) is 0 Å². The highest BCUT2D eigenvalue weighted by molar-refractivity contribution is 9.10. The van der Waals surface area contributed by atoms with Gasteiger partial charge in [-0.15, -0.1) is 0 Å². The van der Waals surface area contributed by atoms with Gasteiger partial charge in [0, 0.05) is 17.4 Å². The number of H-pyrrole nitrogens is 1. The lowest BCUT2D eigenvalue weighted by Gasteiger charge is -2.04. The van der Waals surface area contributed by atoms with Gasteiger partial charge in [0.05, 0.1) is 16.7 Å². The summed E-state index contributed by atoms with van der Waals surface area (Å²) in [5.41, 5.74) is -0.302. The number of pyridine rings is 1. The van der Waals surface area contributed by atoms with Crippen LogP contribution in [0.1, 0.15) is 5.69 Å². The Hall–Kier alpha value is -1.40. The van der Waals surface area contributed by atoms with E-state index in [1.807, 2.05) is 0 Å². The third-order valence-corrected chi connectivity index (χ3v) is 2.88. The largest absolute Gasteiger partial charge is 0.328 e. The molecule has 5 nitrogen and oxygen atoms in total. The molecule has 2 aromatic rings. The van der Waals surface area contributed by atoms with Crippen molar-refractivity contribution >= 4 is 27.5 Å². The van der Waals surface area contributed by atoms with Crippen LogP contribution in [0, 0.1) is 0 Å². The summed E-state index contributed by atoms with van der Waals surface area (Å²) in [7, 11) is 0. The molecule has 7 heteroatoms. The summed E-state index contributed by atoms with van der Waals surface area (Å²) in [5.74, 6) is 0. The summed E-state index contributed by atoms with van der Waals surface area (Å²) in [4.78, 5) is 28.9. The van der Waals surface area contributed by atoms with Crippen LogP contribution in [0.3, 0.4) is 0 Å². The second-order valence-electron chi connectivity index (χ2n) is 3.33. The van der Waals surface area contributed by atoms with Gasteiger partial charge in [0.15, 0.2) is 0 Å². The molecule has 2 heterocycles. The fourth-order valence-electron chi connectivity index (χ4n) is 1.31. The summed E-state index contributed by atoms with van der Waals surface area (Å²) in [6.45, 7) is 0.245. The zero-order chi connectivity index (χ0) is 12.4. The van der Waals surface area contributed by atoms with Crippen LogP contribution in [-0.4, -0.2) is 14.5 Å². The van der Waals surface area contributed by atoms with Crippen molar-refractivity contribution in [3.63, 3.8) is 0 Å². The molecular weight excluding hydrogens is 309 g/mol. The monoisotopic (exact) mass is 315 g/mol. The van der Waals surface area contributed by atoms with Crippen molar-refractivity contribution in [3.05, 3.63) is 60.6 Å². The second-order valence-corrected chi connectivity index (χ2v) is 4.62. The molecule has 0 atom stereocenters. The van der Waals surface area contributed by atoms with E-state index in [1.54, 1.807) is 18.3 Å². The van der Waals surface area contributed by atoms with Crippen molar-refractivity contribution < 1.29 is 0 Å². The molecule has 0 saturated heterocycles. The predicted octanol–water partition coefficient (Wildman–Crippen LogP) is 1.40. The Morgan fingerprint density at radius 3 is 2.94 bits per heavy atom. The number of halogens is 2. The number of hydrogen-bond acceptors (Lipinski definition) is 3. The molecule has 0 aromatic carbocycles. The zero-order valence-corrected chi connectivity index (χ0v) is 10.8. The minimum Gasteiger partial charge on any atom is -0.293 e. The molecule has 17 heavy (non-hydrogen) atoms. The van der Waals surface area contributed by atoms with Gasteiger partial charge in [-0.05, 0) is 28.1 Å². The maximum absolute atomic E-state index is 11.5. The predicted molar refractivity (Wildman–Crippen MR) is 67.4 cm³/mol. The van der Waals surface area contributed by atoms with E-state index in [0.29, 0.717) is 15.2 Å². The molecule has 0 aliphatic rings. The lowest BCUT2D eigenvalue weighted by molar-refractivity contribution is 0.701. The first kappa shape index (κ1) is 12.1. The number of nitrogens with one attached hydrogen (secondary N) is 1. The van der Waals surface area contributed by atoms with E-state index in [9.17, 15) is 9.59 Å². The molecule has 88 valence electrons. The van der Waals surface area contributed by atoms with E-state index >= 15 is 0 Å². The van der Waals surface area contributed by atoms with Crippen LogP contribution in [0.5, 0.6) is 0 Å². The summed E-state index contributed by atoms with van der Waals surface area (Å²) in [6, 6.07) is 3.31. The van der Waals surface area contributed by atoms with Crippen molar-refractivity contribution in [2.45, 2.75) is 6.54 Å². The molecule has 0 aliphatic heterocycles. The molecule has 0 aliphatic carbocycles. The molecular formula is C10H7BrClN3O2. The highest BCUT2D eigenvalue weighted by atomic mass is 79.9. The smallest absolute Gasteiger partial charge is 0.293 e. The van der Waals surface area contributed by atoms with Crippen LogP contribution < -0.4 is 11.2 Å². The van der Waals surface area contributed by atoms with Gasteiger partial charge in [-0.2, -0.15) is 0 Å². The lowest BCUT2D eigenvalue weighted by atomic mass is 10.3. The Bertz CT molecular complexity index is 665. The topological polar surface area (TPSA) is 67.8 Å². The molecule has 2 rings (SSSR count). The molecule has 0 radical (unpaired) electrons. The van der Waals surface area contributed by atoms with E-state index in [-0.39, 0.29) is 6.54 Å². The van der Waals surface area contributed by atoms with Crippen LogP contribution in [-0.2, 0) is 6.54 Å². The number of nitrogens with zero attached hydrogens (tertiary/aromatic N) is 2. The van der Waals surface area contributed by atoms with Crippen LogP contribution in [0.2, 0.25) is 5.02 Å². The van der Waals surface area contributed by atoms with Gasteiger partial charge in [-0.25, -0.2) is 4.79 Å². The Labute approximate surface area is 109 Å². The Morgan fingerprint density at radius 1 is 1.47 bits per heavy atom. The quantitative estimate of drug-likeness (QED) is 0.910. The molecule has 2 aromatic heterocycles. The van der Waals surface area contributed by atoms with E-state index in [2.05, 4.69) is 25.9 Å². The van der Waals surface area contributed by atoms with Crippen LogP contribution >= 0.6 is 27.5 Å². The number of hydrogen-bond donors (Lipinski definition) is 1. The maximum atomic E-state index is 11.5. The minimum absolute atomic E-state index is 0.245. The van der Waals surface area contributed by atoms with Gasteiger partial charge >= 0.3 is 5.69 Å². The Kier molecular flexibility index (Phi) is 3.44. The van der Waals surface area contributed by atoms with E-state index < -0.39 is 11.2 Å². The van der Waals surface area contributed by atoms with Gasteiger partial charge < -0.3 is 0 Å². The summed E-state index contributed by atoms with van der Waals surface area (Å²) in [5, 5.41) is 0.548. The summed E-state index contributed by atoms with van der Waals surface area (Å²) >= 11 is 8.87. The molecule has 0 amide bonds. The Morgan fingerprint density at radius 2 is 2.24 bits per heavy atom. The van der Waals surface area contributed by atoms with Gasteiger partial charge in [-0.3, -0.25) is 19.3 Å². The fraction of sp³-hybridized carbons (Fsp3) is 0.100. The van der Waals surface area contributed by atoms with Crippen molar-refractivity contribution in [2.75, 3.05) is 0 Å². The number of aromatic amines is 1. The van der Waals surface area contributed by atoms with Crippen molar-refractivity contribution in [1.29, 1.82) is 0 Å². The third kappa shape index (κ3) is 2.83. The van der Waals surface area contributed by atoms with Gasteiger partial charge in [0.25, 0.3) is 5.56 Å². The van der Waals surface area contributed by atoms with Gasteiger partial charge in [-0.1, -0.05) is 11.6 Å². The molecule has 0 spiro atoms.